The number of nitrogens with zero attached hydrogens (tertiary/aromatic N) is 1. The molecule has 0 radical (unpaired) electrons. The zero-order chi connectivity index (χ0) is 14.0. The van der Waals surface area contributed by atoms with Crippen LogP contribution in [0.1, 0.15) is 56.5 Å². The molecule has 0 unspecified atom stereocenters. The third-order valence-electron chi connectivity index (χ3n) is 2.82. The lowest BCUT2D eigenvalue weighted by Crippen LogP contribution is -2.28. The first-order chi connectivity index (χ1) is 8.70. The van der Waals surface area contributed by atoms with Gasteiger partial charge < -0.3 is 4.90 Å². The lowest BCUT2D eigenvalue weighted by molar-refractivity contribution is 0.0792. The summed E-state index contributed by atoms with van der Waals surface area (Å²) in [4.78, 5) is 14.0. The third-order valence-corrected chi connectivity index (χ3v) is 2.82. The highest BCUT2D eigenvalue weighted by atomic mass is 16.2. The fraction of sp³-hybridized carbons (Fsp3) is 0.562. The molecule has 0 fully saturated rings. The number of rotatable bonds is 5. The normalized spacial score (nSPS) is 9.39. The second kappa shape index (κ2) is 9.69. The van der Waals surface area contributed by atoms with E-state index in [-0.39, 0.29) is 5.91 Å². The number of hydrogen-bond acceptors (Lipinski definition) is 1. The number of hydrogen-bond donors (Lipinski definition) is 0. The van der Waals surface area contributed by atoms with Crippen LogP contribution in [0.25, 0.3) is 0 Å². The van der Waals surface area contributed by atoms with Gasteiger partial charge in [0.15, 0.2) is 0 Å². The van der Waals surface area contributed by atoms with Crippen LogP contribution in [-0.4, -0.2) is 24.4 Å². The molecule has 102 valence electrons. The summed E-state index contributed by atoms with van der Waals surface area (Å²) in [6.07, 6.45) is 3.09. The maximum absolute atomic E-state index is 12.2. The van der Waals surface area contributed by atoms with Crippen LogP contribution < -0.4 is 0 Å². The van der Waals surface area contributed by atoms with Crippen molar-refractivity contribution in [2.24, 2.45) is 0 Å². The SMILES string of the molecule is CC.CCCCN(C)C(=O)c1ccccc1CC. The van der Waals surface area contributed by atoms with Gasteiger partial charge in [0.2, 0.25) is 0 Å². The van der Waals surface area contributed by atoms with Gasteiger partial charge in [-0.3, -0.25) is 4.79 Å². The van der Waals surface area contributed by atoms with Gasteiger partial charge in [-0.05, 0) is 24.5 Å². The fourth-order valence-electron chi connectivity index (χ4n) is 1.74. The van der Waals surface area contributed by atoms with Gasteiger partial charge >= 0.3 is 0 Å². The van der Waals surface area contributed by atoms with E-state index in [9.17, 15) is 4.79 Å². The van der Waals surface area contributed by atoms with Crippen LogP contribution in [0.3, 0.4) is 0 Å². The van der Waals surface area contributed by atoms with Gasteiger partial charge in [0.25, 0.3) is 5.91 Å². The molecule has 2 heteroatoms. The lowest BCUT2D eigenvalue weighted by atomic mass is 10.0. The zero-order valence-corrected chi connectivity index (χ0v) is 12.5. The van der Waals surface area contributed by atoms with E-state index >= 15 is 0 Å². The molecule has 0 bridgehead atoms. The predicted octanol–water partition coefficient (Wildman–Crippen LogP) is 4.15. The van der Waals surface area contributed by atoms with Crippen molar-refractivity contribution in [2.75, 3.05) is 13.6 Å². The largest absolute Gasteiger partial charge is 0.342 e. The third kappa shape index (κ3) is 4.91. The van der Waals surface area contributed by atoms with Crippen LogP contribution in [0, 0.1) is 0 Å². The second-order valence-corrected chi connectivity index (χ2v) is 4.09. The van der Waals surface area contributed by atoms with Gasteiger partial charge in [-0.2, -0.15) is 0 Å². The van der Waals surface area contributed by atoms with Crippen LogP contribution in [0.5, 0.6) is 0 Å². The number of carbonyl (C=O) groups is 1. The maximum Gasteiger partial charge on any atom is 0.253 e. The highest BCUT2D eigenvalue weighted by molar-refractivity contribution is 5.95. The predicted molar refractivity (Wildman–Crippen MR) is 79.0 cm³/mol. The summed E-state index contributed by atoms with van der Waals surface area (Å²) in [7, 11) is 1.88. The van der Waals surface area contributed by atoms with Crippen LogP contribution in [-0.2, 0) is 6.42 Å². The molecule has 18 heavy (non-hydrogen) atoms. The Morgan fingerprint density at radius 2 is 1.78 bits per heavy atom. The molecule has 0 saturated heterocycles. The fourth-order valence-corrected chi connectivity index (χ4v) is 1.74. The van der Waals surface area contributed by atoms with Crippen molar-refractivity contribution >= 4 is 5.91 Å². The van der Waals surface area contributed by atoms with E-state index in [0.29, 0.717) is 0 Å². The van der Waals surface area contributed by atoms with E-state index < -0.39 is 0 Å². The maximum atomic E-state index is 12.2. The Bertz CT molecular complexity index is 347. The quantitative estimate of drug-likeness (QED) is 0.767. The molecule has 2 nitrogen and oxygen atoms in total. The number of amides is 1. The van der Waals surface area contributed by atoms with Gasteiger partial charge in [0.1, 0.15) is 0 Å². The average molecular weight is 249 g/mol. The molecule has 0 aliphatic carbocycles. The molecule has 0 saturated carbocycles. The molecule has 1 aromatic carbocycles. The van der Waals surface area contributed by atoms with Crippen molar-refractivity contribution in [3.8, 4) is 0 Å². The molecule has 0 atom stereocenters. The highest BCUT2D eigenvalue weighted by Gasteiger charge is 2.13. The molecule has 0 heterocycles. The van der Waals surface area contributed by atoms with Crippen LogP contribution >= 0.6 is 0 Å². The van der Waals surface area contributed by atoms with Gasteiger partial charge in [0, 0.05) is 19.2 Å². The van der Waals surface area contributed by atoms with Crippen molar-refractivity contribution in [3.63, 3.8) is 0 Å². The number of unbranched alkanes of at least 4 members (excludes halogenated alkanes) is 1. The number of aryl methyl sites for hydroxylation is 1. The highest BCUT2D eigenvalue weighted by Crippen LogP contribution is 2.12. The number of carbonyl (C=O) groups excluding carboxylic acids is 1. The van der Waals surface area contributed by atoms with E-state index in [0.717, 1.165) is 36.9 Å². The summed E-state index contributed by atoms with van der Waals surface area (Å²) in [5.74, 6) is 0.144. The summed E-state index contributed by atoms with van der Waals surface area (Å²) < 4.78 is 0. The van der Waals surface area contributed by atoms with Crippen LogP contribution in [0.15, 0.2) is 24.3 Å². The Hall–Kier alpha value is -1.31. The molecular formula is C16H27NO. The van der Waals surface area contributed by atoms with Crippen molar-refractivity contribution < 1.29 is 4.79 Å². The Balaban J connectivity index is 0.00000137. The first-order valence-electron chi connectivity index (χ1n) is 7.04. The monoisotopic (exact) mass is 249 g/mol. The minimum absolute atomic E-state index is 0.144. The van der Waals surface area contributed by atoms with Crippen molar-refractivity contribution in [3.05, 3.63) is 35.4 Å². The molecule has 0 aliphatic rings. The van der Waals surface area contributed by atoms with E-state index in [2.05, 4.69) is 13.8 Å². The van der Waals surface area contributed by atoms with E-state index in [1.54, 1.807) is 0 Å². The van der Waals surface area contributed by atoms with E-state index in [4.69, 9.17) is 0 Å². The average Bonchev–Trinajstić information content (AvgIpc) is 2.45. The summed E-state index contributed by atoms with van der Waals surface area (Å²) in [5, 5.41) is 0. The summed E-state index contributed by atoms with van der Waals surface area (Å²) >= 11 is 0. The van der Waals surface area contributed by atoms with E-state index in [1.165, 1.54) is 0 Å². The Kier molecular flexibility index (Phi) is 8.99. The Morgan fingerprint density at radius 1 is 1.17 bits per heavy atom. The molecule has 1 aromatic rings. The lowest BCUT2D eigenvalue weighted by Gasteiger charge is -2.18. The van der Waals surface area contributed by atoms with Gasteiger partial charge in [-0.1, -0.05) is 52.3 Å². The molecule has 1 amide bonds. The molecule has 0 aliphatic heterocycles. The van der Waals surface area contributed by atoms with E-state index in [1.807, 2.05) is 50.1 Å². The van der Waals surface area contributed by atoms with Gasteiger partial charge in [-0.25, -0.2) is 0 Å². The summed E-state index contributed by atoms with van der Waals surface area (Å²) in [6.45, 7) is 9.06. The molecular weight excluding hydrogens is 222 g/mol. The minimum atomic E-state index is 0.144. The topological polar surface area (TPSA) is 20.3 Å². The van der Waals surface area contributed by atoms with Crippen molar-refractivity contribution in [1.29, 1.82) is 0 Å². The Labute approximate surface area is 112 Å². The first kappa shape index (κ1) is 16.7. The molecule has 0 aromatic heterocycles. The number of benzene rings is 1. The molecule has 0 N–H and O–H groups in total. The second-order valence-electron chi connectivity index (χ2n) is 4.09. The zero-order valence-electron chi connectivity index (χ0n) is 12.5. The van der Waals surface area contributed by atoms with Crippen LogP contribution in [0.4, 0.5) is 0 Å². The molecule has 1 rings (SSSR count). The molecule has 0 spiro atoms. The van der Waals surface area contributed by atoms with Gasteiger partial charge in [-0.15, -0.1) is 0 Å². The van der Waals surface area contributed by atoms with Crippen molar-refractivity contribution in [2.45, 2.75) is 47.0 Å². The first-order valence-corrected chi connectivity index (χ1v) is 7.04. The summed E-state index contributed by atoms with van der Waals surface area (Å²) in [6, 6.07) is 7.87. The standard InChI is InChI=1S/C14H21NO.C2H6/c1-4-6-11-15(3)14(16)13-10-8-7-9-12(13)5-2;1-2/h7-10H,4-6,11H2,1-3H3;1-2H3. The van der Waals surface area contributed by atoms with Crippen LogP contribution in [0.2, 0.25) is 0 Å². The summed E-state index contributed by atoms with van der Waals surface area (Å²) in [5.41, 5.74) is 1.99. The van der Waals surface area contributed by atoms with Crippen molar-refractivity contribution in [1.82, 2.24) is 4.90 Å². The minimum Gasteiger partial charge on any atom is -0.342 e. The Morgan fingerprint density at radius 3 is 2.33 bits per heavy atom. The van der Waals surface area contributed by atoms with Gasteiger partial charge in [0.05, 0.1) is 0 Å². The smallest absolute Gasteiger partial charge is 0.253 e.